The van der Waals surface area contributed by atoms with Gasteiger partial charge in [-0.05, 0) is 43.7 Å². The number of aromatic nitrogens is 3. The molecule has 7 heteroatoms. The molecule has 6 nitrogen and oxygen atoms in total. The Hall–Kier alpha value is -3.71. The highest BCUT2D eigenvalue weighted by Crippen LogP contribution is 2.32. The maximum Gasteiger partial charge on any atom is 0.291 e. The van der Waals surface area contributed by atoms with Gasteiger partial charge in [0.2, 0.25) is 10.8 Å². The summed E-state index contributed by atoms with van der Waals surface area (Å²) in [5, 5.41) is 5.47. The van der Waals surface area contributed by atoms with E-state index in [0.717, 1.165) is 33.4 Å². The number of hydrogen-bond acceptors (Lipinski definition) is 6. The molecule has 3 aromatic heterocycles. The summed E-state index contributed by atoms with van der Waals surface area (Å²) >= 11 is 1.31. The number of fused-ring (bicyclic) bond motifs is 3. The number of aryl methyl sites for hydroxylation is 1. The van der Waals surface area contributed by atoms with E-state index in [4.69, 9.17) is 9.15 Å². The summed E-state index contributed by atoms with van der Waals surface area (Å²) in [5.74, 6) is 1.87. The van der Waals surface area contributed by atoms with Crippen LogP contribution in [0.3, 0.4) is 0 Å². The van der Waals surface area contributed by atoms with Crippen LogP contribution in [0.5, 0.6) is 5.75 Å². The van der Waals surface area contributed by atoms with Gasteiger partial charge in [0.25, 0.3) is 5.56 Å². The van der Waals surface area contributed by atoms with E-state index in [1.165, 1.54) is 15.9 Å². The highest BCUT2D eigenvalue weighted by atomic mass is 32.1. The Morgan fingerprint density at radius 1 is 1.13 bits per heavy atom. The minimum Gasteiger partial charge on any atom is -0.485 e. The Morgan fingerprint density at radius 2 is 1.94 bits per heavy atom. The van der Waals surface area contributed by atoms with Crippen LogP contribution in [-0.4, -0.2) is 20.7 Å². The van der Waals surface area contributed by atoms with Crippen molar-refractivity contribution in [3.63, 3.8) is 0 Å². The lowest BCUT2D eigenvalue weighted by atomic mass is 10.0. The molecular weight excluding hydrogens is 410 g/mol. The first-order chi connectivity index (χ1) is 15.1. The molecule has 6 rings (SSSR count). The van der Waals surface area contributed by atoms with E-state index >= 15 is 0 Å². The van der Waals surface area contributed by atoms with Crippen molar-refractivity contribution in [1.82, 2.24) is 14.6 Å². The smallest absolute Gasteiger partial charge is 0.291 e. The van der Waals surface area contributed by atoms with Gasteiger partial charge in [-0.1, -0.05) is 47.7 Å². The molecule has 4 heterocycles. The normalized spacial score (nSPS) is 16.5. The van der Waals surface area contributed by atoms with Gasteiger partial charge in [0.05, 0.1) is 4.53 Å². The molecule has 31 heavy (non-hydrogen) atoms. The molecule has 0 amide bonds. The Kier molecular flexibility index (Phi) is 3.88. The third-order valence-corrected chi connectivity index (χ3v) is 6.50. The van der Waals surface area contributed by atoms with Gasteiger partial charge in [-0.15, -0.1) is 5.10 Å². The minimum absolute atomic E-state index is 0.148. The first-order valence-electron chi connectivity index (χ1n) is 9.95. The third kappa shape index (κ3) is 2.81. The summed E-state index contributed by atoms with van der Waals surface area (Å²) in [6.07, 6.45) is 3.78. The number of rotatable bonds is 2. The van der Waals surface area contributed by atoms with Crippen LogP contribution >= 0.6 is 11.3 Å². The van der Waals surface area contributed by atoms with Crippen LogP contribution < -0.4 is 14.8 Å². The van der Waals surface area contributed by atoms with Crippen molar-refractivity contribution in [1.29, 1.82) is 0 Å². The molecule has 0 spiro atoms. The lowest BCUT2D eigenvalue weighted by molar-refractivity contribution is 0.259. The molecule has 0 radical (unpaired) electrons. The summed E-state index contributed by atoms with van der Waals surface area (Å²) in [5.41, 5.74) is 3.49. The molecule has 1 aliphatic heterocycles. The Morgan fingerprint density at radius 3 is 2.77 bits per heavy atom. The Balaban J connectivity index is 1.45. The second-order valence-electron chi connectivity index (χ2n) is 7.54. The van der Waals surface area contributed by atoms with E-state index in [1.54, 1.807) is 0 Å². The second-order valence-corrected chi connectivity index (χ2v) is 8.55. The summed E-state index contributed by atoms with van der Waals surface area (Å²) in [4.78, 5) is 18.1. The van der Waals surface area contributed by atoms with Crippen LogP contribution in [0.2, 0.25) is 0 Å². The number of furan rings is 1. The maximum absolute atomic E-state index is 13.0. The van der Waals surface area contributed by atoms with Crippen LogP contribution in [0.4, 0.5) is 0 Å². The topological polar surface area (TPSA) is 69.6 Å². The van der Waals surface area contributed by atoms with Crippen molar-refractivity contribution in [2.75, 3.05) is 0 Å². The molecule has 1 aliphatic rings. The molecule has 1 unspecified atom stereocenters. The SMILES string of the molecule is Cc1c(-c2nc3s/c(=C/C4=Cc5ccccc5OC4C)c(=O)n3n2)oc2ccccc12. The van der Waals surface area contributed by atoms with Crippen LogP contribution in [-0.2, 0) is 0 Å². The fourth-order valence-electron chi connectivity index (χ4n) is 3.89. The molecule has 0 saturated heterocycles. The molecule has 5 aromatic rings. The predicted octanol–water partition coefficient (Wildman–Crippen LogP) is 4.24. The minimum atomic E-state index is -0.195. The van der Waals surface area contributed by atoms with Gasteiger partial charge >= 0.3 is 0 Å². The van der Waals surface area contributed by atoms with Crippen molar-refractivity contribution >= 4 is 39.4 Å². The molecule has 152 valence electrons. The molecule has 0 N–H and O–H groups in total. The van der Waals surface area contributed by atoms with E-state index in [2.05, 4.69) is 16.2 Å². The van der Waals surface area contributed by atoms with Crippen LogP contribution in [0.15, 0.2) is 63.3 Å². The molecule has 1 atom stereocenters. The quantitative estimate of drug-likeness (QED) is 0.422. The summed E-state index contributed by atoms with van der Waals surface area (Å²) in [6.45, 7) is 3.95. The van der Waals surface area contributed by atoms with Crippen molar-refractivity contribution in [3.8, 4) is 17.3 Å². The van der Waals surface area contributed by atoms with Crippen molar-refractivity contribution in [2.45, 2.75) is 20.0 Å². The molecular formula is C24H17N3O3S. The number of nitrogens with zero attached hydrogens (tertiary/aromatic N) is 3. The Labute approximate surface area is 180 Å². The van der Waals surface area contributed by atoms with E-state index in [-0.39, 0.29) is 11.7 Å². The zero-order chi connectivity index (χ0) is 21.1. The van der Waals surface area contributed by atoms with Crippen LogP contribution in [0.1, 0.15) is 18.1 Å². The van der Waals surface area contributed by atoms with E-state index in [9.17, 15) is 4.79 Å². The largest absolute Gasteiger partial charge is 0.485 e. The van der Waals surface area contributed by atoms with Crippen molar-refractivity contribution in [3.05, 3.63) is 80.1 Å². The van der Waals surface area contributed by atoms with Crippen LogP contribution in [0, 0.1) is 6.92 Å². The monoisotopic (exact) mass is 427 g/mol. The summed E-state index contributed by atoms with van der Waals surface area (Å²) in [7, 11) is 0. The lowest BCUT2D eigenvalue weighted by Crippen LogP contribution is -2.26. The zero-order valence-electron chi connectivity index (χ0n) is 16.8. The fraction of sp³-hybridized carbons (Fsp3) is 0.125. The number of thiazole rings is 1. The van der Waals surface area contributed by atoms with Gasteiger partial charge in [0.1, 0.15) is 17.4 Å². The van der Waals surface area contributed by atoms with Gasteiger partial charge in [0, 0.05) is 16.5 Å². The van der Waals surface area contributed by atoms with Gasteiger partial charge in [0.15, 0.2) is 5.76 Å². The van der Waals surface area contributed by atoms with Gasteiger partial charge < -0.3 is 9.15 Å². The number of para-hydroxylation sites is 2. The predicted molar refractivity (Wildman–Crippen MR) is 121 cm³/mol. The fourth-order valence-corrected chi connectivity index (χ4v) is 4.80. The lowest BCUT2D eigenvalue weighted by Gasteiger charge is -2.22. The second kappa shape index (κ2) is 6.65. The van der Waals surface area contributed by atoms with E-state index in [0.29, 0.717) is 21.1 Å². The van der Waals surface area contributed by atoms with E-state index < -0.39 is 0 Å². The average molecular weight is 427 g/mol. The molecule has 2 aromatic carbocycles. The first-order valence-corrected chi connectivity index (χ1v) is 10.8. The van der Waals surface area contributed by atoms with Gasteiger partial charge in [-0.2, -0.15) is 9.50 Å². The molecule has 0 bridgehead atoms. The average Bonchev–Trinajstić information content (AvgIpc) is 3.42. The molecule has 0 aliphatic carbocycles. The zero-order valence-corrected chi connectivity index (χ0v) is 17.6. The highest BCUT2D eigenvalue weighted by molar-refractivity contribution is 7.15. The van der Waals surface area contributed by atoms with Crippen LogP contribution in [0.25, 0.3) is 39.7 Å². The standard InChI is InChI=1S/C24H17N3O3S/c1-13-17-8-4-6-10-19(17)30-21(13)22-25-24-27(26-22)23(28)20(31-24)12-16-11-15-7-3-5-9-18(15)29-14(16)2/h3-12,14H,1-2H3/b20-12+. The van der Waals surface area contributed by atoms with E-state index in [1.807, 2.05) is 68.5 Å². The van der Waals surface area contributed by atoms with Gasteiger partial charge in [-0.25, -0.2) is 0 Å². The van der Waals surface area contributed by atoms with Crippen molar-refractivity contribution < 1.29 is 9.15 Å². The maximum atomic E-state index is 13.0. The highest BCUT2D eigenvalue weighted by Gasteiger charge is 2.20. The number of hydrogen-bond donors (Lipinski definition) is 0. The van der Waals surface area contributed by atoms with Crippen molar-refractivity contribution in [2.24, 2.45) is 0 Å². The summed E-state index contributed by atoms with van der Waals surface area (Å²) in [6, 6.07) is 15.7. The number of benzene rings is 2. The third-order valence-electron chi connectivity index (χ3n) is 5.54. The first kappa shape index (κ1) is 18.1. The Bertz CT molecular complexity index is 1620. The van der Waals surface area contributed by atoms with Gasteiger partial charge in [-0.3, -0.25) is 4.79 Å². The summed E-state index contributed by atoms with van der Waals surface area (Å²) < 4.78 is 13.9. The molecule has 0 saturated carbocycles. The molecule has 0 fully saturated rings. The number of ether oxygens (including phenoxy) is 1.